The Morgan fingerprint density at radius 2 is 1.79 bits per heavy atom. The third-order valence-electron chi connectivity index (χ3n) is 3.71. The molecule has 3 rings (SSSR count). The molecule has 6 nitrogen and oxygen atoms in total. The van der Waals surface area contributed by atoms with Crippen molar-refractivity contribution in [1.82, 2.24) is 9.97 Å². The number of alkyl halides is 3. The molecular weight excluding hydrogens is 323 g/mol. The van der Waals surface area contributed by atoms with Crippen LogP contribution in [0.1, 0.15) is 16.1 Å². The number of hydrogen-bond donors (Lipinski definition) is 2. The second kappa shape index (κ2) is 5.99. The number of benzene rings is 1. The number of carbonyl (C=O) groups is 1. The van der Waals surface area contributed by atoms with Crippen LogP contribution in [-0.2, 0) is 6.18 Å². The minimum Gasteiger partial charge on any atom is -0.367 e. The zero-order valence-corrected chi connectivity index (χ0v) is 12.4. The number of rotatable bonds is 4. The minimum atomic E-state index is -4.34. The Kier molecular flexibility index (Phi) is 4.00. The summed E-state index contributed by atoms with van der Waals surface area (Å²) in [7, 11) is 0. The van der Waals surface area contributed by atoms with Crippen molar-refractivity contribution in [2.75, 3.05) is 23.3 Å². The maximum atomic E-state index is 12.5. The lowest BCUT2D eigenvalue weighted by atomic mass is 10.1. The van der Waals surface area contributed by atoms with Gasteiger partial charge in [-0.25, -0.2) is 9.97 Å². The molecule has 0 spiro atoms. The zero-order chi connectivity index (χ0) is 17.3. The lowest BCUT2D eigenvalue weighted by Gasteiger charge is -2.41. The number of nitrogens with one attached hydrogen (secondary N) is 1. The van der Waals surface area contributed by atoms with E-state index in [0.717, 1.165) is 12.1 Å². The molecule has 1 aromatic carbocycles. The predicted octanol–water partition coefficient (Wildman–Crippen LogP) is 1.89. The second-order valence-electron chi connectivity index (χ2n) is 5.41. The van der Waals surface area contributed by atoms with Crippen molar-refractivity contribution >= 4 is 17.4 Å². The summed E-state index contributed by atoms with van der Waals surface area (Å²) in [5, 5.41) is 3.07. The molecule has 24 heavy (non-hydrogen) atoms. The molecular formula is C15H14F3N5O. The van der Waals surface area contributed by atoms with E-state index in [1.807, 2.05) is 4.90 Å². The van der Waals surface area contributed by atoms with Crippen LogP contribution < -0.4 is 16.0 Å². The van der Waals surface area contributed by atoms with Crippen molar-refractivity contribution in [2.45, 2.75) is 12.2 Å². The van der Waals surface area contributed by atoms with Crippen molar-refractivity contribution in [1.29, 1.82) is 0 Å². The number of aromatic nitrogens is 2. The summed E-state index contributed by atoms with van der Waals surface area (Å²) in [5.74, 6) is -0.369. The van der Waals surface area contributed by atoms with Gasteiger partial charge in [0, 0.05) is 31.2 Å². The highest BCUT2D eigenvalue weighted by Crippen LogP contribution is 2.31. The molecule has 1 aromatic heterocycles. The third kappa shape index (κ3) is 3.24. The number of primary amides is 1. The van der Waals surface area contributed by atoms with Crippen LogP contribution in [0.25, 0.3) is 0 Å². The Labute approximate surface area is 135 Å². The SMILES string of the molecule is NC(=O)c1nccnc1NC1CN(c2ccc(C(F)(F)F)cc2)C1. The van der Waals surface area contributed by atoms with E-state index in [2.05, 4.69) is 15.3 Å². The molecule has 9 heteroatoms. The van der Waals surface area contributed by atoms with Crippen LogP contribution in [0.15, 0.2) is 36.7 Å². The van der Waals surface area contributed by atoms with Gasteiger partial charge in [-0.2, -0.15) is 13.2 Å². The van der Waals surface area contributed by atoms with E-state index >= 15 is 0 Å². The molecule has 2 aromatic rings. The highest BCUT2D eigenvalue weighted by Gasteiger charge is 2.32. The number of halogens is 3. The standard InChI is InChI=1S/C15H14F3N5O/c16-15(17,18)9-1-3-11(4-2-9)23-7-10(8-23)22-14-12(13(19)24)20-5-6-21-14/h1-6,10H,7-8H2,(H2,19,24)(H,21,22). The first-order chi connectivity index (χ1) is 11.3. The van der Waals surface area contributed by atoms with Crippen LogP contribution >= 0.6 is 0 Å². The summed E-state index contributed by atoms with van der Waals surface area (Å²) in [6.45, 7) is 1.14. The van der Waals surface area contributed by atoms with Gasteiger partial charge in [0.25, 0.3) is 5.91 Å². The quantitative estimate of drug-likeness (QED) is 0.890. The Hall–Kier alpha value is -2.84. The van der Waals surface area contributed by atoms with Crippen LogP contribution in [-0.4, -0.2) is 35.0 Å². The number of carbonyl (C=O) groups excluding carboxylic acids is 1. The average molecular weight is 337 g/mol. The van der Waals surface area contributed by atoms with Crippen LogP contribution in [0.3, 0.4) is 0 Å². The summed E-state index contributed by atoms with van der Waals surface area (Å²) in [4.78, 5) is 21.1. The van der Waals surface area contributed by atoms with Crippen molar-refractivity contribution in [3.8, 4) is 0 Å². The first-order valence-corrected chi connectivity index (χ1v) is 7.14. The van der Waals surface area contributed by atoms with E-state index in [0.29, 0.717) is 24.6 Å². The van der Waals surface area contributed by atoms with E-state index in [1.54, 1.807) is 0 Å². The predicted molar refractivity (Wildman–Crippen MR) is 81.6 cm³/mol. The Balaban J connectivity index is 1.61. The minimum absolute atomic E-state index is 0.00194. The van der Waals surface area contributed by atoms with Crippen LogP contribution in [0.4, 0.5) is 24.7 Å². The first kappa shape index (κ1) is 16.0. The largest absolute Gasteiger partial charge is 0.416 e. The molecule has 0 bridgehead atoms. The number of anilines is 2. The number of nitrogens with two attached hydrogens (primary N) is 1. The lowest BCUT2D eigenvalue weighted by Crippen LogP contribution is -2.55. The average Bonchev–Trinajstić information content (AvgIpc) is 2.50. The monoisotopic (exact) mass is 337 g/mol. The molecule has 1 aliphatic heterocycles. The molecule has 1 amide bonds. The van der Waals surface area contributed by atoms with E-state index in [9.17, 15) is 18.0 Å². The Morgan fingerprint density at radius 3 is 2.38 bits per heavy atom. The molecule has 1 aliphatic rings. The Bertz CT molecular complexity index is 742. The molecule has 0 atom stereocenters. The van der Waals surface area contributed by atoms with Gasteiger partial charge in [-0.05, 0) is 24.3 Å². The molecule has 1 fully saturated rings. The van der Waals surface area contributed by atoms with Gasteiger partial charge in [0.15, 0.2) is 11.5 Å². The fourth-order valence-corrected chi connectivity index (χ4v) is 2.46. The fourth-order valence-electron chi connectivity index (χ4n) is 2.46. The highest BCUT2D eigenvalue weighted by atomic mass is 19.4. The summed E-state index contributed by atoms with van der Waals surface area (Å²) in [5.41, 5.74) is 5.32. The van der Waals surface area contributed by atoms with Gasteiger partial charge < -0.3 is 16.0 Å². The van der Waals surface area contributed by atoms with E-state index in [-0.39, 0.29) is 11.7 Å². The second-order valence-corrected chi connectivity index (χ2v) is 5.41. The van der Waals surface area contributed by atoms with Gasteiger partial charge in [0.2, 0.25) is 0 Å². The maximum absolute atomic E-state index is 12.5. The summed E-state index contributed by atoms with van der Waals surface area (Å²) in [6.07, 6.45) is -1.52. The van der Waals surface area contributed by atoms with Gasteiger partial charge >= 0.3 is 6.18 Å². The van der Waals surface area contributed by atoms with Gasteiger partial charge in [-0.15, -0.1) is 0 Å². The van der Waals surface area contributed by atoms with Crippen molar-refractivity contribution in [3.63, 3.8) is 0 Å². The van der Waals surface area contributed by atoms with Crippen molar-refractivity contribution < 1.29 is 18.0 Å². The van der Waals surface area contributed by atoms with Crippen LogP contribution in [0.5, 0.6) is 0 Å². The molecule has 126 valence electrons. The molecule has 0 saturated carbocycles. The van der Waals surface area contributed by atoms with E-state index in [4.69, 9.17) is 5.73 Å². The number of hydrogen-bond acceptors (Lipinski definition) is 5. The molecule has 2 heterocycles. The fraction of sp³-hybridized carbons (Fsp3) is 0.267. The maximum Gasteiger partial charge on any atom is 0.416 e. The molecule has 0 aliphatic carbocycles. The van der Waals surface area contributed by atoms with Crippen molar-refractivity contribution in [3.05, 3.63) is 47.9 Å². The number of nitrogens with zero attached hydrogens (tertiary/aromatic N) is 3. The van der Waals surface area contributed by atoms with Gasteiger partial charge in [0.05, 0.1) is 11.6 Å². The van der Waals surface area contributed by atoms with Gasteiger partial charge in [-0.1, -0.05) is 0 Å². The lowest BCUT2D eigenvalue weighted by molar-refractivity contribution is -0.137. The van der Waals surface area contributed by atoms with E-state index in [1.165, 1.54) is 24.5 Å². The zero-order valence-electron chi connectivity index (χ0n) is 12.4. The normalized spacial score (nSPS) is 15.0. The molecule has 0 unspecified atom stereocenters. The molecule has 0 radical (unpaired) electrons. The third-order valence-corrected chi connectivity index (χ3v) is 3.71. The summed E-state index contributed by atoms with van der Waals surface area (Å²) < 4.78 is 37.6. The summed E-state index contributed by atoms with van der Waals surface area (Å²) >= 11 is 0. The smallest absolute Gasteiger partial charge is 0.367 e. The number of amides is 1. The summed E-state index contributed by atoms with van der Waals surface area (Å²) in [6, 6.07) is 5.00. The van der Waals surface area contributed by atoms with Crippen LogP contribution in [0.2, 0.25) is 0 Å². The highest BCUT2D eigenvalue weighted by molar-refractivity contribution is 5.95. The Morgan fingerprint density at radius 1 is 1.17 bits per heavy atom. The van der Waals surface area contributed by atoms with Gasteiger partial charge in [-0.3, -0.25) is 4.79 Å². The van der Waals surface area contributed by atoms with Gasteiger partial charge in [0.1, 0.15) is 0 Å². The molecule has 1 saturated heterocycles. The molecule has 3 N–H and O–H groups in total. The topological polar surface area (TPSA) is 84.1 Å². The van der Waals surface area contributed by atoms with Crippen LogP contribution in [0, 0.1) is 0 Å². The first-order valence-electron chi connectivity index (χ1n) is 7.14. The van der Waals surface area contributed by atoms with Crippen molar-refractivity contribution in [2.24, 2.45) is 5.73 Å². The van der Waals surface area contributed by atoms with E-state index < -0.39 is 17.6 Å².